The van der Waals surface area contributed by atoms with E-state index in [-0.39, 0.29) is 23.8 Å². The predicted octanol–water partition coefficient (Wildman–Crippen LogP) is 2.13. The Morgan fingerprint density at radius 3 is 2.50 bits per heavy atom. The molecule has 4 heteroatoms. The summed E-state index contributed by atoms with van der Waals surface area (Å²) >= 11 is 0. The summed E-state index contributed by atoms with van der Waals surface area (Å²) in [5.74, 6) is -0.131. The van der Waals surface area contributed by atoms with Crippen molar-refractivity contribution < 1.29 is 9.59 Å². The Balaban J connectivity index is 2.40. The van der Waals surface area contributed by atoms with Gasteiger partial charge in [0.25, 0.3) is 5.91 Å². The second kappa shape index (κ2) is 5.27. The lowest BCUT2D eigenvalue weighted by molar-refractivity contribution is -0.133. The molecule has 0 radical (unpaired) electrons. The minimum absolute atomic E-state index is 0.0296. The summed E-state index contributed by atoms with van der Waals surface area (Å²) in [6, 6.07) is 7.29. The SMILES string of the molecule is CCc1ccccc1N1CC(=O)NC(C(C)(C)C)C1=O. The molecular formula is C16H22N2O2. The van der Waals surface area contributed by atoms with E-state index >= 15 is 0 Å². The third-order valence-corrected chi connectivity index (χ3v) is 3.65. The standard InChI is InChI=1S/C16H22N2O2/c1-5-11-8-6-7-9-12(11)18-10-13(19)17-14(15(18)20)16(2,3)4/h6-9,14H,5,10H2,1-4H3,(H,17,19). The molecule has 0 aromatic heterocycles. The first-order chi connectivity index (χ1) is 9.34. The molecule has 1 atom stereocenters. The fraction of sp³-hybridized carbons (Fsp3) is 0.500. The highest BCUT2D eigenvalue weighted by Gasteiger charge is 2.40. The first kappa shape index (κ1) is 14.6. The maximum Gasteiger partial charge on any atom is 0.250 e. The molecule has 1 aliphatic heterocycles. The molecule has 1 aromatic carbocycles. The van der Waals surface area contributed by atoms with Gasteiger partial charge in [-0.3, -0.25) is 9.59 Å². The molecule has 4 nitrogen and oxygen atoms in total. The molecule has 1 aliphatic rings. The Bertz CT molecular complexity index is 532. The molecule has 1 unspecified atom stereocenters. The van der Waals surface area contributed by atoms with Gasteiger partial charge in [0.1, 0.15) is 12.6 Å². The second-order valence-corrected chi connectivity index (χ2v) is 6.27. The molecule has 1 fully saturated rings. The number of carbonyl (C=O) groups excluding carboxylic acids is 2. The van der Waals surface area contributed by atoms with E-state index in [9.17, 15) is 9.59 Å². The molecule has 1 N–H and O–H groups in total. The van der Waals surface area contributed by atoms with Crippen LogP contribution in [-0.4, -0.2) is 24.4 Å². The molecule has 2 amide bonds. The van der Waals surface area contributed by atoms with E-state index in [4.69, 9.17) is 0 Å². The van der Waals surface area contributed by atoms with Crippen molar-refractivity contribution in [2.24, 2.45) is 5.41 Å². The Labute approximate surface area is 120 Å². The van der Waals surface area contributed by atoms with Gasteiger partial charge >= 0.3 is 0 Å². The minimum Gasteiger partial charge on any atom is -0.342 e. The normalized spacial score (nSPS) is 20.0. The highest BCUT2D eigenvalue weighted by atomic mass is 16.2. The number of piperazine rings is 1. The van der Waals surface area contributed by atoms with Gasteiger partial charge in [-0.15, -0.1) is 0 Å². The van der Waals surface area contributed by atoms with E-state index in [2.05, 4.69) is 12.2 Å². The molecule has 20 heavy (non-hydrogen) atoms. The van der Waals surface area contributed by atoms with Crippen LogP contribution < -0.4 is 10.2 Å². The largest absolute Gasteiger partial charge is 0.342 e. The molecule has 1 heterocycles. The second-order valence-electron chi connectivity index (χ2n) is 6.27. The van der Waals surface area contributed by atoms with E-state index < -0.39 is 6.04 Å². The maximum atomic E-state index is 12.7. The monoisotopic (exact) mass is 274 g/mol. The Morgan fingerprint density at radius 1 is 1.25 bits per heavy atom. The lowest BCUT2D eigenvalue weighted by Gasteiger charge is -2.39. The van der Waals surface area contributed by atoms with Gasteiger partial charge in [-0.25, -0.2) is 0 Å². The average Bonchev–Trinajstić information content (AvgIpc) is 2.39. The van der Waals surface area contributed by atoms with Crippen molar-refractivity contribution >= 4 is 17.5 Å². The van der Waals surface area contributed by atoms with Gasteiger partial charge < -0.3 is 10.2 Å². The van der Waals surface area contributed by atoms with Crippen LogP contribution in [0.2, 0.25) is 0 Å². The molecular weight excluding hydrogens is 252 g/mol. The van der Waals surface area contributed by atoms with E-state index in [1.165, 1.54) is 0 Å². The van der Waals surface area contributed by atoms with Crippen molar-refractivity contribution in [1.82, 2.24) is 5.32 Å². The molecule has 0 aliphatic carbocycles. The van der Waals surface area contributed by atoms with Crippen LogP contribution in [0.3, 0.4) is 0 Å². The number of aryl methyl sites for hydroxylation is 1. The van der Waals surface area contributed by atoms with Crippen molar-refractivity contribution in [2.45, 2.75) is 40.2 Å². The number of anilines is 1. The van der Waals surface area contributed by atoms with Crippen molar-refractivity contribution in [3.63, 3.8) is 0 Å². The summed E-state index contributed by atoms with van der Waals surface area (Å²) in [5.41, 5.74) is 1.64. The number of nitrogens with zero attached hydrogens (tertiary/aromatic N) is 1. The summed E-state index contributed by atoms with van der Waals surface area (Å²) in [7, 11) is 0. The first-order valence-electron chi connectivity index (χ1n) is 7.03. The van der Waals surface area contributed by atoms with Crippen LogP contribution in [0.5, 0.6) is 0 Å². The lowest BCUT2D eigenvalue weighted by Crippen LogP contribution is -2.62. The smallest absolute Gasteiger partial charge is 0.250 e. The highest BCUT2D eigenvalue weighted by molar-refractivity contribution is 6.07. The number of amides is 2. The molecule has 0 saturated carbocycles. The number of rotatable bonds is 2. The number of nitrogens with one attached hydrogen (secondary N) is 1. The zero-order chi connectivity index (χ0) is 14.9. The number of hydrogen-bond acceptors (Lipinski definition) is 2. The maximum absolute atomic E-state index is 12.7. The fourth-order valence-electron chi connectivity index (χ4n) is 2.51. The van der Waals surface area contributed by atoms with Crippen molar-refractivity contribution in [1.29, 1.82) is 0 Å². The van der Waals surface area contributed by atoms with Gasteiger partial charge in [0, 0.05) is 5.69 Å². The van der Waals surface area contributed by atoms with E-state index in [1.807, 2.05) is 45.0 Å². The van der Waals surface area contributed by atoms with Gasteiger partial charge in [-0.1, -0.05) is 45.9 Å². The van der Waals surface area contributed by atoms with Crippen molar-refractivity contribution in [3.8, 4) is 0 Å². The molecule has 1 saturated heterocycles. The topological polar surface area (TPSA) is 49.4 Å². The summed E-state index contributed by atoms with van der Waals surface area (Å²) in [6.45, 7) is 8.04. The Morgan fingerprint density at radius 2 is 1.90 bits per heavy atom. The van der Waals surface area contributed by atoms with Crippen LogP contribution in [0.25, 0.3) is 0 Å². The predicted molar refractivity (Wildman–Crippen MR) is 79.6 cm³/mol. The number of carbonyl (C=O) groups is 2. The molecule has 2 rings (SSSR count). The average molecular weight is 274 g/mol. The molecule has 0 bridgehead atoms. The van der Waals surface area contributed by atoms with E-state index in [1.54, 1.807) is 4.90 Å². The number of para-hydroxylation sites is 1. The summed E-state index contributed by atoms with van der Waals surface area (Å²) in [5, 5.41) is 2.81. The van der Waals surface area contributed by atoms with Crippen molar-refractivity contribution in [2.75, 3.05) is 11.4 Å². The summed E-state index contributed by atoms with van der Waals surface area (Å²) in [4.78, 5) is 26.3. The van der Waals surface area contributed by atoms with E-state index in [0.29, 0.717) is 0 Å². The number of hydrogen-bond donors (Lipinski definition) is 1. The third kappa shape index (κ3) is 2.69. The van der Waals surface area contributed by atoms with E-state index in [0.717, 1.165) is 17.7 Å². The van der Waals surface area contributed by atoms with Crippen LogP contribution in [-0.2, 0) is 16.0 Å². The number of benzene rings is 1. The van der Waals surface area contributed by atoms with Crippen LogP contribution in [0.1, 0.15) is 33.3 Å². The lowest BCUT2D eigenvalue weighted by atomic mass is 9.84. The summed E-state index contributed by atoms with van der Waals surface area (Å²) in [6.07, 6.45) is 0.835. The summed E-state index contributed by atoms with van der Waals surface area (Å²) < 4.78 is 0. The van der Waals surface area contributed by atoms with Crippen LogP contribution in [0, 0.1) is 5.41 Å². The quantitative estimate of drug-likeness (QED) is 0.898. The molecule has 108 valence electrons. The fourth-order valence-corrected chi connectivity index (χ4v) is 2.51. The van der Waals surface area contributed by atoms with Gasteiger partial charge in [-0.2, -0.15) is 0 Å². The molecule has 0 spiro atoms. The van der Waals surface area contributed by atoms with Crippen LogP contribution >= 0.6 is 0 Å². The molecule has 1 aromatic rings. The highest BCUT2D eigenvalue weighted by Crippen LogP contribution is 2.28. The van der Waals surface area contributed by atoms with Gasteiger partial charge in [0.15, 0.2) is 0 Å². The Kier molecular flexibility index (Phi) is 3.84. The zero-order valence-corrected chi connectivity index (χ0v) is 12.6. The van der Waals surface area contributed by atoms with Crippen LogP contribution in [0.15, 0.2) is 24.3 Å². The zero-order valence-electron chi connectivity index (χ0n) is 12.6. The van der Waals surface area contributed by atoms with Gasteiger partial charge in [0.2, 0.25) is 5.91 Å². The minimum atomic E-state index is -0.478. The Hall–Kier alpha value is -1.84. The van der Waals surface area contributed by atoms with Crippen LogP contribution in [0.4, 0.5) is 5.69 Å². The van der Waals surface area contributed by atoms with Crippen molar-refractivity contribution in [3.05, 3.63) is 29.8 Å². The van der Waals surface area contributed by atoms with Gasteiger partial charge in [0.05, 0.1) is 0 Å². The van der Waals surface area contributed by atoms with Gasteiger partial charge in [-0.05, 0) is 23.5 Å². The first-order valence-corrected chi connectivity index (χ1v) is 7.03. The third-order valence-electron chi connectivity index (χ3n) is 3.65.